The summed E-state index contributed by atoms with van der Waals surface area (Å²) in [6.45, 7) is 8.24. The third kappa shape index (κ3) is 25.1. The van der Waals surface area contributed by atoms with Gasteiger partial charge < -0.3 is 34.2 Å². The third-order valence-corrected chi connectivity index (χ3v) is 22.0. The number of benzene rings is 15. The molecule has 1 aliphatic heterocycles. The molecule has 15 aromatic carbocycles. The van der Waals surface area contributed by atoms with E-state index in [1.807, 2.05) is 97.1 Å². The van der Waals surface area contributed by atoms with Crippen molar-refractivity contribution in [2.75, 3.05) is 53.1 Å². The van der Waals surface area contributed by atoms with Crippen LogP contribution in [0.15, 0.2) is 414 Å². The molecule has 15 aromatic rings. The van der Waals surface area contributed by atoms with Crippen molar-refractivity contribution in [3.05, 3.63) is 419 Å². The summed E-state index contributed by atoms with van der Waals surface area (Å²) < 4.78 is 20.9. The zero-order valence-electron chi connectivity index (χ0n) is 66.7. The molecule has 0 saturated carbocycles. The van der Waals surface area contributed by atoms with Gasteiger partial charge in [0.2, 0.25) is 0 Å². The van der Waals surface area contributed by atoms with Crippen LogP contribution in [0.5, 0.6) is 5.75 Å². The highest BCUT2D eigenvalue weighted by atomic mass is 79.9. The van der Waals surface area contributed by atoms with Crippen molar-refractivity contribution in [2.45, 2.75) is 71.6 Å². The number of halogens is 3. The molecular formula is C107H101Br3N4O3. The molecule has 0 aliphatic carbocycles. The molecule has 16 rings (SSSR count). The first-order chi connectivity index (χ1) is 57.6. The van der Waals surface area contributed by atoms with Crippen LogP contribution in [0.1, 0.15) is 70.8 Å². The highest BCUT2D eigenvalue weighted by Gasteiger charge is 2.33. The maximum Gasteiger partial charge on any atom is 0.119 e. The molecule has 1 heterocycles. The molecule has 1 aliphatic rings. The smallest absolute Gasteiger partial charge is 0.119 e. The van der Waals surface area contributed by atoms with Gasteiger partial charge in [0.25, 0.3) is 0 Å². The van der Waals surface area contributed by atoms with Gasteiger partial charge >= 0.3 is 0 Å². The summed E-state index contributed by atoms with van der Waals surface area (Å²) in [5.74, 6) is 0.875. The Bertz CT molecular complexity index is 5240. The van der Waals surface area contributed by atoms with Gasteiger partial charge in [-0.15, -0.1) is 0 Å². The lowest BCUT2D eigenvalue weighted by Crippen LogP contribution is -2.43. The van der Waals surface area contributed by atoms with E-state index in [2.05, 4.69) is 385 Å². The Kier molecular flexibility index (Phi) is 31.5. The Labute approximate surface area is 718 Å². The fourth-order valence-electron chi connectivity index (χ4n) is 14.1. The van der Waals surface area contributed by atoms with Gasteiger partial charge in [0.1, 0.15) is 5.75 Å². The van der Waals surface area contributed by atoms with Crippen LogP contribution in [0, 0.1) is 5.41 Å². The van der Waals surface area contributed by atoms with Crippen LogP contribution in [-0.2, 0) is 15.9 Å². The van der Waals surface area contributed by atoms with Crippen LogP contribution in [0.2, 0.25) is 0 Å². The predicted molar refractivity (Wildman–Crippen MR) is 506 cm³/mol. The summed E-state index contributed by atoms with van der Waals surface area (Å²) >= 11 is 10.2. The molecule has 0 radical (unpaired) electrons. The third-order valence-electron chi connectivity index (χ3n) is 20.4. The lowest BCUT2D eigenvalue weighted by Gasteiger charge is -2.37. The largest absolute Gasteiger partial charge is 0.494 e. The maximum atomic E-state index is 6.25. The van der Waals surface area contributed by atoms with E-state index in [1.165, 1.54) is 66.3 Å². The number of anilines is 11. The summed E-state index contributed by atoms with van der Waals surface area (Å²) in [5, 5.41) is 3.30. The number of ether oxygens (including phenoxy) is 3. The van der Waals surface area contributed by atoms with Crippen molar-refractivity contribution in [2.24, 2.45) is 5.41 Å². The van der Waals surface area contributed by atoms with Crippen LogP contribution >= 0.6 is 47.8 Å². The molecule has 0 unspecified atom stereocenters. The van der Waals surface area contributed by atoms with E-state index in [0.29, 0.717) is 6.61 Å². The van der Waals surface area contributed by atoms with Crippen LogP contribution in [0.25, 0.3) is 44.5 Å². The number of hydrogen-bond donors (Lipinski definition) is 1. The molecule has 0 amide bonds. The maximum absolute atomic E-state index is 6.25. The van der Waals surface area contributed by atoms with Gasteiger partial charge in [0.05, 0.1) is 26.4 Å². The predicted octanol–water partition coefficient (Wildman–Crippen LogP) is 32.0. The van der Waals surface area contributed by atoms with Crippen molar-refractivity contribution in [3.8, 4) is 50.3 Å². The van der Waals surface area contributed by atoms with Gasteiger partial charge in [-0.1, -0.05) is 312 Å². The molecule has 1 fully saturated rings. The number of hydrogen-bond acceptors (Lipinski definition) is 7. The zero-order chi connectivity index (χ0) is 80.5. The SMILES string of the molecule is Brc1ccc(-c2ccc(Br)cc2)cc1.Brc1ccccc1.CCCCCCCCc1ccc(N(c2ccc(-c3ccc(N(c4ccccc4)c4ccccc4)cc3)cc2)c2ccc(-c3ccc(N(c4ccccc4)c4cccc(-c5cccc(OCCCCOCC6(C)COC6)c5)c4)cc3)cc2)cc1.c1ccc(Nc2ccccc2)cc1. The zero-order valence-corrected chi connectivity index (χ0v) is 71.5. The van der Waals surface area contributed by atoms with Crippen LogP contribution in [0.3, 0.4) is 0 Å². The molecule has 1 saturated heterocycles. The minimum absolute atomic E-state index is 0.182. The Morgan fingerprint density at radius 3 is 1.02 bits per heavy atom. The Balaban J connectivity index is 0.000000284. The van der Waals surface area contributed by atoms with Crippen molar-refractivity contribution >= 4 is 110 Å². The van der Waals surface area contributed by atoms with Crippen molar-refractivity contribution in [1.82, 2.24) is 0 Å². The van der Waals surface area contributed by atoms with E-state index in [1.54, 1.807) is 0 Å². The summed E-state index contributed by atoms with van der Waals surface area (Å²) in [6, 6.07) is 141. The van der Waals surface area contributed by atoms with E-state index in [4.69, 9.17) is 14.2 Å². The molecule has 588 valence electrons. The Morgan fingerprint density at radius 2 is 0.624 bits per heavy atom. The fourth-order valence-corrected chi connectivity index (χ4v) is 14.9. The number of rotatable bonds is 30. The lowest BCUT2D eigenvalue weighted by molar-refractivity contribution is -0.138. The van der Waals surface area contributed by atoms with E-state index >= 15 is 0 Å². The fraction of sp³-hybridized carbons (Fsp3) is 0.159. The lowest BCUT2D eigenvalue weighted by atomic mass is 9.90. The molecule has 0 bridgehead atoms. The molecule has 0 aromatic heterocycles. The molecule has 0 atom stereocenters. The highest BCUT2D eigenvalue weighted by Crippen LogP contribution is 2.42. The first-order valence-electron chi connectivity index (χ1n) is 40.7. The van der Waals surface area contributed by atoms with Crippen LogP contribution < -0.4 is 24.8 Å². The second kappa shape index (κ2) is 44.1. The van der Waals surface area contributed by atoms with E-state index in [-0.39, 0.29) is 5.41 Å². The summed E-state index contributed by atoms with van der Waals surface area (Å²) in [7, 11) is 0. The van der Waals surface area contributed by atoms with Crippen LogP contribution in [0.4, 0.5) is 62.6 Å². The molecule has 7 nitrogen and oxygen atoms in total. The first-order valence-corrected chi connectivity index (χ1v) is 43.1. The number of nitrogens with one attached hydrogen (secondary N) is 1. The molecule has 1 N–H and O–H groups in total. The van der Waals surface area contributed by atoms with Crippen molar-refractivity contribution in [3.63, 3.8) is 0 Å². The summed E-state index contributed by atoms with van der Waals surface area (Å²) in [6.07, 6.45) is 10.8. The molecule has 117 heavy (non-hydrogen) atoms. The standard InChI is InChI=1S/C77H77N3O3.C12H8Br2.C12H11N.C6H5Br/c1-3-4-5-6-7-11-22-60-33-43-70(44-34-60)79(72-47-37-62(38-48-72)61-35-45-71(46-36-61)78(67-25-12-8-13-26-67)68-27-14-9-15-28-68)73-49-39-63(40-50-73)64-41-51-74(52-42-64)80(69-29-16-10-17-30-69)75-31-20-23-65(55-75)66-24-21-32-76(56-66)83-54-19-18-53-81-57-77(2)58-82-59-77;13-11-5-1-9(2-6-11)10-3-7-12(14)8-4-10;1-3-7-11(8-4-1)13-12-9-5-2-6-10-12;7-6-4-2-1-3-5-6/h8-10,12-17,20-21,23-52,55-56H,3-7,11,18-19,22,53-54,57-59H2,1-2H3;1-8H;1-10,13H;1-5H. The quantitative estimate of drug-likeness (QED) is 0.0450. The van der Waals surface area contributed by atoms with Gasteiger partial charge in [-0.3, -0.25) is 0 Å². The van der Waals surface area contributed by atoms with Crippen molar-refractivity contribution < 1.29 is 14.2 Å². The monoisotopic (exact) mass is 1730 g/mol. The Morgan fingerprint density at radius 1 is 0.299 bits per heavy atom. The molecule has 0 spiro atoms. The minimum Gasteiger partial charge on any atom is -0.494 e. The van der Waals surface area contributed by atoms with Crippen LogP contribution in [-0.4, -0.2) is 33.0 Å². The molecular weight excluding hydrogens is 1630 g/mol. The number of nitrogens with zero attached hydrogens (tertiary/aromatic N) is 3. The normalized spacial score (nSPS) is 11.7. The summed E-state index contributed by atoms with van der Waals surface area (Å²) in [5.41, 5.74) is 23.1. The first kappa shape index (κ1) is 83.6. The van der Waals surface area contributed by atoms with Gasteiger partial charge in [-0.25, -0.2) is 0 Å². The van der Waals surface area contributed by atoms with Crippen molar-refractivity contribution in [1.29, 1.82) is 0 Å². The number of unbranched alkanes of at least 4 members (excludes halogenated alkanes) is 6. The number of para-hydroxylation sites is 5. The van der Waals surface area contributed by atoms with Gasteiger partial charge in [0, 0.05) is 88.0 Å². The van der Waals surface area contributed by atoms with Gasteiger partial charge in [-0.2, -0.15) is 0 Å². The minimum atomic E-state index is 0.182. The van der Waals surface area contributed by atoms with Gasteiger partial charge in [0.15, 0.2) is 0 Å². The van der Waals surface area contributed by atoms with Gasteiger partial charge in [-0.05, 0) is 258 Å². The molecule has 10 heteroatoms. The second-order valence-electron chi connectivity index (χ2n) is 29.5. The number of aryl methyl sites for hydroxylation is 1. The van der Waals surface area contributed by atoms with E-state index < -0.39 is 0 Å². The van der Waals surface area contributed by atoms with E-state index in [0.717, 1.165) is 150 Å². The second-order valence-corrected chi connectivity index (χ2v) is 32.3. The summed E-state index contributed by atoms with van der Waals surface area (Å²) in [4.78, 5) is 7.02. The Hall–Kier alpha value is -11.3. The average Bonchev–Trinajstić information content (AvgIpc) is 0.800. The van der Waals surface area contributed by atoms with E-state index in [9.17, 15) is 0 Å². The topological polar surface area (TPSA) is 49.4 Å². The highest BCUT2D eigenvalue weighted by molar-refractivity contribution is 9.11. The average molecular weight is 1730 g/mol.